The van der Waals surface area contributed by atoms with E-state index in [2.05, 4.69) is 26.6 Å². The van der Waals surface area contributed by atoms with Crippen LogP contribution in [0, 0.1) is 6.92 Å². The van der Waals surface area contributed by atoms with Crippen LogP contribution in [0.4, 0.5) is 5.82 Å². The molecule has 6 heteroatoms. The first-order valence-corrected chi connectivity index (χ1v) is 7.52. The number of hydrogen-bond acceptors (Lipinski definition) is 5. The van der Waals surface area contributed by atoms with Crippen LogP contribution in [-0.2, 0) is 0 Å². The van der Waals surface area contributed by atoms with E-state index in [1.54, 1.807) is 10.8 Å². The van der Waals surface area contributed by atoms with Gasteiger partial charge in [-0.05, 0) is 32.4 Å². The largest absolute Gasteiger partial charge is 0.367 e. The second-order valence-electron chi connectivity index (χ2n) is 4.77. The number of nitrogens with one attached hydrogen (secondary N) is 1. The second-order valence-corrected chi connectivity index (χ2v) is 5.90. The van der Waals surface area contributed by atoms with Gasteiger partial charge in [0.05, 0.1) is 0 Å². The third-order valence-corrected chi connectivity index (χ3v) is 4.54. The Morgan fingerprint density at radius 2 is 2.33 bits per heavy atom. The van der Waals surface area contributed by atoms with Crippen molar-refractivity contribution in [1.82, 2.24) is 19.6 Å². The van der Waals surface area contributed by atoms with Crippen molar-refractivity contribution in [3.8, 4) is 0 Å². The average Bonchev–Trinajstić information content (AvgIpc) is 2.97. The van der Waals surface area contributed by atoms with Crippen LogP contribution in [0.15, 0.2) is 12.4 Å². The lowest BCUT2D eigenvalue weighted by atomic mass is 10.2. The average molecular weight is 263 g/mol. The number of anilines is 1. The highest BCUT2D eigenvalue weighted by Crippen LogP contribution is 2.30. The Bertz CT molecular complexity index is 552. The van der Waals surface area contributed by atoms with Gasteiger partial charge in [-0.15, -0.1) is 0 Å². The van der Waals surface area contributed by atoms with Gasteiger partial charge >= 0.3 is 0 Å². The van der Waals surface area contributed by atoms with Crippen LogP contribution in [0.1, 0.15) is 25.0 Å². The molecule has 2 atom stereocenters. The summed E-state index contributed by atoms with van der Waals surface area (Å²) in [6.07, 6.45) is 7.48. The van der Waals surface area contributed by atoms with Gasteiger partial charge in [0.25, 0.3) is 5.78 Å². The Morgan fingerprint density at radius 3 is 3.11 bits per heavy atom. The molecule has 0 amide bonds. The van der Waals surface area contributed by atoms with E-state index in [-0.39, 0.29) is 0 Å². The summed E-state index contributed by atoms with van der Waals surface area (Å²) in [5.74, 6) is 1.67. The summed E-state index contributed by atoms with van der Waals surface area (Å²) in [7, 11) is 0. The van der Waals surface area contributed by atoms with E-state index in [0.29, 0.717) is 11.8 Å². The van der Waals surface area contributed by atoms with Crippen molar-refractivity contribution in [3.63, 3.8) is 0 Å². The molecule has 0 spiro atoms. The van der Waals surface area contributed by atoms with E-state index >= 15 is 0 Å². The third-order valence-electron chi connectivity index (χ3n) is 3.45. The van der Waals surface area contributed by atoms with Crippen molar-refractivity contribution < 1.29 is 0 Å². The molecular weight excluding hydrogens is 246 g/mol. The number of aryl methyl sites for hydroxylation is 1. The van der Waals surface area contributed by atoms with Crippen molar-refractivity contribution >= 4 is 23.4 Å². The molecule has 5 nitrogen and oxygen atoms in total. The lowest BCUT2D eigenvalue weighted by Gasteiger charge is -2.15. The van der Waals surface area contributed by atoms with Crippen molar-refractivity contribution in [2.75, 3.05) is 11.6 Å². The Kier molecular flexibility index (Phi) is 3.11. The molecule has 0 saturated heterocycles. The Hall–Kier alpha value is -1.30. The summed E-state index contributed by atoms with van der Waals surface area (Å²) in [4.78, 5) is 8.49. The van der Waals surface area contributed by atoms with Gasteiger partial charge in [-0.2, -0.15) is 26.4 Å². The van der Waals surface area contributed by atoms with Gasteiger partial charge in [-0.1, -0.05) is 0 Å². The predicted molar refractivity (Wildman–Crippen MR) is 74.1 cm³/mol. The van der Waals surface area contributed by atoms with Gasteiger partial charge < -0.3 is 5.32 Å². The van der Waals surface area contributed by atoms with Gasteiger partial charge in [-0.25, -0.2) is 4.98 Å². The van der Waals surface area contributed by atoms with Crippen molar-refractivity contribution in [2.24, 2.45) is 0 Å². The molecule has 0 aromatic carbocycles. The maximum absolute atomic E-state index is 4.35. The zero-order valence-corrected chi connectivity index (χ0v) is 11.4. The summed E-state index contributed by atoms with van der Waals surface area (Å²) in [5, 5.41) is 8.59. The molecule has 96 valence electrons. The van der Waals surface area contributed by atoms with Gasteiger partial charge in [0, 0.05) is 23.1 Å². The normalized spacial score (nSPS) is 23.7. The highest BCUT2D eigenvalue weighted by molar-refractivity contribution is 7.99. The standard InChI is InChI=1S/C12H17N5S/c1-8-5-11(17-12(15-8)13-7-14-17)16-9-3-4-10(6-9)18-2/h5,7,9-10,16H,3-4,6H2,1-2H3. The van der Waals surface area contributed by atoms with Gasteiger partial charge in [-0.3, -0.25) is 0 Å². The summed E-state index contributed by atoms with van der Waals surface area (Å²) in [6.45, 7) is 1.99. The first-order valence-electron chi connectivity index (χ1n) is 6.23. The number of hydrogen-bond donors (Lipinski definition) is 1. The number of fused-ring (bicyclic) bond motifs is 1. The zero-order valence-electron chi connectivity index (χ0n) is 10.6. The van der Waals surface area contributed by atoms with Crippen molar-refractivity contribution in [2.45, 2.75) is 37.5 Å². The highest BCUT2D eigenvalue weighted by atomic mass is 32.2. The predicted octanol–water partition coefficient (Wildman–Crippen LogP) is 2.13. The smallest absolute Gasteiger partial charge is 0.254 e. The van der Waals surface area contributed by atoms with E-state index < -0.39 is 0 Å². The van der Waals surface area contributed by atoms with Crippen molar-refractivity contribution in [1.29, 1.82) is 0 Å². The number of thioether (sulfide) groups is 1. The fourth-order valence-electron chi connectivity index (χ4n) is 2.53. The maximum atomic E-state index is 4.35. The van der Waals surface area contributed by atoms with E-state index in [0.717, 1.165) is 16.8 Å². The topological polar surface area (TPSA) is 55.1 Å². The molecule has 3 rings (SSSR count). The molecule has 1 fully saturated rings. The van der Waals surface area contributed by atoms with E-state index in [4.69, 9.17) is 0 Å². The van der Waals surface area contributed by atoms with Crippen LogP contribution in [0.5, 0.6) is 0 Å². The maximum Gasteiger partial charge on any atom is 0.254 e. The monoisotopic (exact) mass is 263 g/mol. The minimum absolute atomic E-state index is 0.539. The highest BCUT2D eigenvalue weighted by Gasteiger charge is 2.24. The lowest BCUT2D eigenvalue weighted by molar-refractivity contribution is 0.741. The summed E-state index contributed by atoms with van der Waals surface area (Å²) in [6, 6.07) is 2.57. The fraction of sp³-hybridized carbons (Fsp3) is 0.583. The molecule has 1 aliphatic carbocycles. The quantitative estimate of drug-likeness (QED) is 0.919. The molecule has 2 aromatic rings. The Labute approximate surface area is 110 Å². The Morgan fingerprint density at radius 1 is 1.44 bits per heavy atom. The van der Waals surface area contributed by atoms with E-state index in [1.165, 1.54) is 19.3 Å². The second kappa shape index (κ2) is 4.76. The van der Waals surface area contributed by atoms with E-state index in [1.807, 2.05) is 24.8 Å². The minimum Gasteiger partial charge on any atom is -0.367 e. The van der Waals surface area contributed by atoms with Crippen LogP contribution in [-0.4, -0.2) is 37.1 Å². The fourth-order valence-corrected chi connectivity index (χ4v) is 3.32. The first-order chi connectivity index (χ1) is 8.76. The first kappa shape index (κ1) is 11.8. The molecule has 0 radical (unpaired) electrons. The zero-order chi connectivity index (χ0) is 12.5. The molecule has 0 aliphatic heterocycles. The molecular formula is C12H17N5S. The molecule has 2 heterocycles. The number of aromatic nitrogens is 4. The summed E-state index contributed by atoms with van der Waals surface area (Å²) < 4.78 is 1.78. The third kappa shape index (κ3) is 2.16. The molecule has 18 heavy (non-hydrogen) atoms. The molecule has 2 unspecified atom stereocenters. The van der Waals surface area contributed by atoms with Gasteiger partial charge in [0.15, 0.2) is 0 Å². The SMILES string of the molecule is CSC1CCC(Nc2cc(C)nc3ncnn23)C1. The lowest BCUT2D eigenvalue weighted by Crippen LogP contribution is -2.18. The van der Waals surface area contributed by atoms with Gasteiger partial charge in [0.1, 0.15) is 12.1 Å². The Balaban J connectivity index is 1.84. The minimum atomic E-state index is 0.539. The van der Waals surface area contributed by atoms with Crippen LogP contribution in [0.25, 0.3) is 5.78 Å². The molecule has 0 bridgehead atoms. The van der Waals surface area contributed by atoms with Crippen LogP contribution in [0.3, 0.4) is 0 Å². The molecule has 2 aromatic heterocycles. The van der Waals surface area contributed by atoms with Gasteiger partial charge in [0.2, 0.25) is 0 Å². The summed E-state index contributed by atoms with van der Waals surface area (Å²) >= 11 is 1.97. The summed E-state index contributed by atoms with van der Waals surface area (Å²) in [5.41, 5.74) is 0.970. The molecule has 1 N–H and O–H groups in total. The number of nitrogens with zero attached hydrogens (tertiary/aromatic N) is 4. The van der Waals surface area contributed by atoms with Crippen LogP contribution >= 0.6 is 11.8 Å². The van der Waals surface area contributed by atoms with E-state index in [9.17, 15) is 0 Å². The molecule has 1 aliphatic rings. The van der Waals surface area contributed by atoms with Crippen LogP contribution < -0.4 is 5.32 Å². The van der Waals surface area contributed by atoms with Crippen LogP contribution in [0.2, 0.25) is 0 Å². The number of rotatable bonds is 3. The van der Waals surface area contributed by atoms with Crippen molar-refractivity contribution in [3.05, 3.63) is 18.1 Å². The molecule has 1 saturated carbocycles.